The highest BCUT2D eigenvalue weighted by Gasteiger charge is 2.25. The summed E-state index contributed by atoms with van der Waals surface area (Å²) in [6.45, 7) is 2.19. The van der Waals surface area contributed by atoms with Gasteiger partial charge in [0.05, 0.1) is 5.92 Å². The van der Waals surface area contributed by atoms with Crippen molar-refractivity contribution in [2.75, 3.05) is 6.54 Å². The van der Waals surface area contributed by atoms with Gasteiger partial charge in [0.2, 0.25) is 5.91 Å². The lowest BCUT2D eigenvalue weighted by atomic mass is 9.95. The fourth-order valence-electron chi connectivity index (χ4n) is 1.16. The Hall–Kier alpha value is -0.860. The summed E-state index contributed by atoms with van der Waals surface area (Å²) < 4.78 is 0. The maximum absolute atomic E-state index is 10.9. The Morgan fingerprint density at radius 3 is 2.80 bits per heavy atom. The van der Waals surface area contributed by atoms with Gasteiger partial charge in [0.15, 0.2) is 0 Å². The van der Waals surface area contributed by atoms with Crippen LogP contribution < -0.4 is 5.32 Å². The van der Waals surface area contributed by atoms with E-state index in [2.05, 4.69) is 5.32 Å². The Balaban J connectivity index is 2.56. The molecule has 0 aliphatic carbocycles. The number of hydrogen-bond acceptors (Lipinski definition) is 2. The summed E-state index contributed by atoms with van der Waals surface area (Å²) in [6, 6.07) is 0. The topological polar surface area (TPSA) is 46.2 Å². The van der Waals surface area contributed by atoms with E-state index in [0.29, 0.717) is 0 Å². The molecule has 0 saturated carbocycles. The molecule has 3 nitrogen and oxygen atoms in total. The van der Waals surface area contributed by atoms with E-state index in [1.807, 2.05) is 0 Å². The fraction of sp³-hybridized carbons (Fsp3) is 0.714. The summed E-state index contributed by atoms with van der Waals surface area (Å²) in [5, 5.41) is 2.65. The normalized spacial score (nSPS) is 25.7. The molecule has 0 spiro atoms. The molecule has 1 heterocycles. The number of hydrogen-bond donors (Lipinski definition) is 1. The number of rotatable bonds is 1. The van der Waals surface area contributed by atoms with Crippen LogP contribution in [0.1, 0.15) is 19.8 Å². The Morgan fingerprint density at radius 1 is 1.70 bits per heavy atom. The Kier molecular flexibility index (Phi) is 2.04. The monoisotopic (exact) mass is 141 g/mol. The maximum Gasteiger partial charge on any atom is 0.230 e. The van der Waals surface area contributed by atoms with Crippen molar-refractivity contribution in [3.05, 3.63) is 0 Å². The van der Waals surface area contributed by atoms with Crippen molar-refractivity contribution in [2.24, 2.45) is 5.92 Å². The Bertz CT molecular complexity index is 165. The third-order valence-corrected chi connectivity index (χ3v) is 1.78. The number of Topliss-reactive ketones (excluding diaryl/α,β-unsaturated/α-hetero) is 1. The zero-order valence-corrected chi connectivity index (χ0v) is 6.02. The zero-order valence-electron chi connectivity index (χ0n) is 6.02. The van der Waals surface area contributed by atoms with E-state index in [9.17, 15) is 9.59 Å². The first-order chi connectivity index (χ1) is 4.72. The molecule has 1 atom stereocenters. The maximum atomic E-state index is 10.9. The van der Waals surface area contributed by atoms with Crippen LogP contribution in [0.4, 0.5) is 0 Å². The summed E-state index contributed by atoms with van der Waals surface area (Å²) in [4.78, 5) is 21.7. The van der Waals surface area contributed by atoms with Gasteiger partial charge in [-0.15, -0.1) is 0 Å². The van der Waals surface area contributed by atoms with Gasteiger partial charge in [-0.05, 0) is 19.8 Å². The van der Waals surface area contributed by atoms with Gasteiger partial charge in [0.1, 0.15) is 5.78 Å². The van der Waals surface area contributed by atoms with E-state index in [1.54, 1.807) is 0 Å². The van der Waals surface area contributed by atoms with Crippen molar-refractivity contribution in [1.29, 1.82) is 0 Å². The predicted octanol–water partition coefficient (Wildman–Crippen LogP) is 0.102. The van der Waals surface area contributed by atoms with Crippen LogP contribution in [0.25, 0.3) is 0 Å². The molecule has 1 amide bonds. The molecular formula is C7H11NO2. The lowest BCUT2D eigenvalue weighted by Gasteiger charge is -2.18. The molecule has 1 saturated heterocycles. The number of nitrogens with one attached hydrogen (secondary N) is 1. The van der Waals surface area contributed by atoms with Crippen molar-refractivity contribution >= 4 is 11.7 Å². The third-order valence-electron chi connectivity index (χ3n) is 1.78. The smallest absolute Gasteiger partial charge is 0.230 e. The molecular weight excluding hydrogens is 130 g/mol. The second-order valence-electron chi connectivity index (χ2n) is 2.60. The SMILES string of the molecule is CC(=O)C1CCCNC1=O. The van der Waals surface area contributed by atoms with Gasteiger partial charge in [-0.2, -0.15) is 0 Å². The van der Waals surface area contributed by atoms with Crippen LogP contribution in [0.3, 0.4) is 0 Å². The van der Waals surface area contributed by atoms with Gasteiger partial charge in [-0.1, -0.05) is 0 Å². The summed E-state index contributed by atoms with van der Waals surface area (Å²) in [5.41, 5.74) is 0. The van der Waals surface area contributed by atoms with E-state index in [-0.39, 0.29) is 17.6 Å². The average Bonchev–Trinajstić information content (AvgIpc) is 1.88. The highest BCUT2D eigenvalue weighted by molar-refractivity contribution is 6.00. The summed E-state index contributed by atoms with van der Waals surface area (Å²) in [7, 11) is 0. The minimum absolute atomic E-state index is 0.0165. The van der Waals surface area contributed by atoms with Gasteiger partial charge < -0.3 is 5.32 Å². The van der Waals surface area contributed by atoms with E-state index in [0.717, 1.165) is 19.4 Å². The molecule has 1 fully saturated rings. The highest BCUT2D eigenvalue weighted by atomic mass is 16.2. The lowest BCUT2D eigenvalue weighted by molar-refractivity contribution is -0.134. The Morgan fingerprint density at radius 2 is 2.40 bits per heavy atom. The molecule has 0 aromatic heterocycles. The fourth-order valence-corrected chi connectivity index (χ4v) is 1.16. The molecule has 1 aliphatic heterocycles. The first kappa shape index (κ1) is 7.25. The van der Waals surface area contributed by atoms with Gasteiger partial charge in [-0.3, -0.25) is 9.59 Å². The van der Waals surface area contributed by atoms with Crippen LogP contribution in [0, 0.1) is 5.92 Å². The molecule has 10 heavy (non-hydrogen) atoms. The van der Waals surface area contributed by atoms with E-state index in [1.165, 1.54) is 6.92 Å². The van der Waals surface area contributed by atoms with E-state index in [4.69, 9.17) is 0 Å². The molecule has 0 bridgehead atoms. The first-order valence-corrected chi connectivity index (χ1v) is 3.50. The van der Waals surface area contributed by atoms with Crippen LogP contribution in [0.5, 0.6) is 0 Å². The molecule has 0 radical (unpaired) electrons. The van der Waals surface area contributed by atoms with Gasteiger partial charge >= 0.3 is 0 Å². The Labute approximate surface area is 59.8 Å². The first-order valence-electron chi connectivity index (χ1n) is 3.50. The standard InChI is InChI=1S/C7H11NO2/c1-5(9)6-3-2-4-8-7(6)10/h6H,2-4H2,1H3,(H,8,10). The lowest BCUT2D eigenvalue weighted by Crippen LogP contribution is -2.39. The molecule has 1 N–H and O–H groups in total. The van der Waals surface area contributed by atoms with Crippen LogP contribution in [-0.4, -0.2) is 18.2 Å². The van der Waals surface area contributed by atoms with Gasteiger partial charge in [-0.25, -0.2) is 0 Å². The number of amides is 1. The van der Waals surface area contributed by atoms with Gasteiger partial charge in [0, 0.05) is 6.54 Å². The summed E-state index contributed by atoms with van der Waals surface area (Å²) >= 11 is 0. The largest absolute Gasteiger partial charge is 0.355 e. The number of carbonyl (C=O) groups is 2. The molecule has 56 valence electrons. The molecule has 3 heteroatoms. The van der Waals surface area contributed by atoms with Crippen molar-refractivity contribution in [2.45, 2.75) is 19.8 Å². The van der Waals surface area contributed by atoms with E-state index < -0.39 is 0 Å². The molecule has 1 unspecified atom stereocenters. The second-order valence-corrected chi connectivity index (χ2v) is 2.60. The van der Waals surface area contributed by atoms with Crippen LogP contribution >= 0.6 is 0 Å². The second kappa shape index (κ2) is 2.82. The number of piperidine rings is 1. The van der Waals surface area contributed by atoms with Crippen LogP contribution in [-0.2, 0) is 9.59 Å². The predicted molar refractivity (Wildman–Crippen MR) is 36.4 cm³/mol. The van der Waals surface area contributed by atoms with Crippen molar-refractivity contribution in [3.8, 4) is 0 Å². The zero-order chi connectivity index (χ0) is 7.56. The van der Waals surface area contributed by atoms with Crippen molar-refractivity contribution < 1.29 is 9.59 Å². The number of carbonyl (C=O) groups excluding carboxylic acids is 2. The molecule has 1 aliphatic rings. The number of ketones is 1. The van der Waals surface area contributed by atoms with E-state index >= 15 is 0 Å². The third kappa shape index (κ3) is 1.35. The summed E-state index contributed by atoms with van der Waals surface area (Å²) in [6.07, 6.45) is 1.65. The summed E-state index contributed by atoms with van der Waals surface area (Å²) in [5.74, 6) is -0.482. The average molecular weight is 141 g/mol. The molecule has 1 rings (SSSR count). The minimum atomic E-state index is -0.367. The highest BCUT2D eigenvalue weighted by Crippen LogP contribution is 2.11. The quantitative estimate of drug-likeness (QED) is 0.526. The van der Waals surface area contributed by atoms with Crippen molar-refractivity contribution in [1.82, 2.24) is 5.32 Å². The molecule has 0 aromatic rings. The van der Waals surface area contributed by atoms with Crippen LogP contribution in [0.2, 0.25) is 0 Å². The van der Waals surface area contributed by atoms with Gasteiger partial charge in [0.25, 0.3) is 0 Å². The van der Waals surface area contributed by atoms with Crippen LogP contribution in [0.15, 0.2) is 0 Å². The minimum Gasteiger partial charge on any atom is -0.355 e. The van der Waals surface area contributed by atoms with Crippen molar-refractivity contribution in [3.63, 3.8) is 0 Å². The molecule has 0 aromatic carbocycles.